The summed E-state index contributed by atoms with van der Waals surface area (Å²) in [5.74, 6) is 0. The van der Waals surface area contributed by atoms with Gasteiger partial charge in [-0.1, -0.05) is 30.5 Å². The van der Waals surface area contributed by atoms with E-state index in [-0.39, 0.29) is 0 Å². The van der Waals surface area contributed by atoms with Crippen LogP contribution in [0.4, 0.5) is 0 Å². The zero-order valence-electron chi connectivity index (χ0n) is 8.41. The summed E-state index contributed by atoms with van der Waals surface area (Å²) in [5, 5.41) is 1.23. The quantitative estimate of drug-likeness (QED) is 0.737. The Bertz CT molecular complexity index is 359. The molecule has 0 amide bonds. The van der Waals surface area contributed by atoms with Crippen molar-refractivity contribution in [2.24, 2.45) is 0 Å². The molecule has 0 saturated heterocycles. The number of carbonyl (C=O) groups is 1. The number of rotatable bonds is 3. The molecule has 1 nitrogen and oxygen atoms in total. The number of hydrogen-bond donors (Lipinski definition) is 0. The van der Waals surface area contributed by atoms with Gasteiger partial charge in [0, 0.05) is 15.7 Å². The van der Waals surface area contributed by atoms with Crippen LogP contribution in [0.5, 0.6) is 0 Å². The zero-order chi connectivity index (χ0) is 10.7. The lowest BCUT2D eigenvalue weighted by Gasteiger charge is -2.10. The van der Waals surface area contributed by atoms with Crippen molar-refractivity contribution in [2.45, 2.75) is 35.8 Å². The van der Waals surface area contributed by atoms with Crippen molar-refractivity contribution >= 4 is 29.6 Å². The second kappa shape index (κ2) is 5.04. The first-order valence-electron chi connectivity index (χ1n) is 5.21. The Morgan fingerprint density at radius 2 is 2.07 bits per heavy atom. The second-order valence-corrected chi connectivity index (χ2v) is 5.54. The molecule has 0 spiro atoms. The van der Waals surface area contributed by atoms with E-state index in [1.807, 2.05) is 12.1 Å². The molecular formula is C12H13ClOS. The second-order valence-electron chi connectivity index (χ2n) is 3.79. The van der Waals surface area contributed by atoms with E-state index >= 15 is 0 Å². The van der Waals surface area contributed by atoms with E-state index in [4.69, 9.17) is 11.6 Å². The molecule has 1 aromatic carbocycles. The van der Waals surface area contributed by atoms with Crippen LogP contribution in [0.1, 0.15) is 36.0 Å². The normalized spacial score (nSPS) is 16.9. The van der Waals surface area contributed by atoms with Crippen molar-refractivity contribution in [1.29, 1.82) is 0 Å². The Hall–Kier alpha value is -0.470. The minimum atomic E-state index is 0.563. The predicted octanol–water partition coefficient (Wildman–Crippen LogP) is 4.19. The van der Waals surface area contributed by atoms with Gasteiger partial charge in [-0.15, -0.1) is 11.8 Å². The van der Waals surface area contributed by atoms with E-state index in [2.05, 4.69) is 0 Å². The Morgan fingerprint density at radius 3 is 2.73 bits per heavy atom. The summed E-state index contributed by atoms with van der Waals surface area (Å²) in [4.78, 5) is 12.0. The third-order valence-corrected chi connectivity index (χ3v) is 4.47. The molecule has 80 valence electrons. The standard InChI is InChI=1S/C12H13ClOS/c13-11-6-3-7-12(10(11)8-14)15-9-4-1-2-5-9/h3,6-9H,1-2,4-5H2. The zero-order valence-corrected chi connectivity index (χ0v) is 9.98. The van der Waals surface area contributed by atoms with E-state index in [0.29, 0.717) is 15.8 Å². The predicted molar refractivity (Wildman–Crippen MR) is 65.0 cm³/mol. The van der Waals surface area contributed by atoms with Crippen LogP contribution < -0.4 is 0 Å². The first-order valence-corrected chi connectivity index (χ1v) is 6.47. The van der Waals surface area contributed by atoms with Gasteiger partial charge in [0.15, 0.2) is 6.29 Å². The average Bonchev–Trinajstić information content (AvgIpc) is 2.71. The molecule has 0 aromatic heterocycles. The van der Waals surface area contributed by atoms with Gasteiger partial charge in [-0.05, 0) is 25.0 Å². The Morgan fingerprint density at radius 1 is 1.33 bits per heavy atom. The monoisotopic (exact) mass is 240 g/mol. The van der Waals surface area contributed by atoms with Crippen molar-refractivity contribution in [3.8, 4) is 0 Å². The molecule has 15 heavy (non-hydrogen) atoms. The number of halogens is 1. The summed E-state index contributed by atoms with van der Waals surface area (Å²) in [5.41, 5.74) is 0.649. The highest BCUT2D eigenvalue weighted by Crippen LogP contribution is 2.37. The minimum Gasteiger partial charge on any atom is -0.298 e. The summed E-state index contributed by atoms with van der Waals surface area (Å²) in [6.45, 7) is 0. The Labute approximate surface area is 99.2 Å². The third kappa shape index (κ3) is 2.56. The fourth-order valence-electron chi connectivity index (χ4n) is 1.92. The maximum atomic E-state index is 10.9. The highest BCUT2D eigenvalue weighted by Gasteiger charge is 2.18. The van der Waals surface area contributed by atoms with Crippen LogP contribution in [-0.2, 0) is 0 Å². The molecular weight excluding hydrogens is 228 g/mol. The summed E-state index contributed by atoms with van der Waals surface area (Å²) in [6, 6.07) is 5.66. The molecule has 0 N–H and O–H groups in total. The topological polar surface area (TPSA) is 17.1 Å². The first-order chi connectivity index (χ1) is 7.31. The van der Waals surface area contributed by atoms with E-state index in [9.17, 15) is 4.79 Å². The molecule has 0 bridgehead atoms. The van der Waals surface area contributed by atoms with Gasteiger partial charge in [0.05, 0.1) is 5.02 Å². The van der Waals surface area contributed by atoms with Crippen molar-refractivity contribution < 1.29 is 4.79 Å². The van der Waals surface area contributed by atoms with Gasteiger partial charge in [-0.3, -0.25) is 4.79 Å². The van der Waals surface area contributed by atoms with Crippen LogP contribution in [0.2, 0.25) is 5.02 Å². The molecule has 1 aromatic rings. The van der Waals surface area contributed by atoms with Crippen LogP contribution in [0.25, 0.3) is 0 Å². The molecule has 3 heteroatoms. The fourth-order valence-corrected chi connectivity index (χ4v) is 3.57. The molecule has 1 aliphatic carbocycles. The van der Waals surface area contributed by atoms with Gasteiger partial charge in [-0.2, -0.15) is 0 Å². The van der Waals surface area contributed by atoms with Gasteiger partial charge in [-0.25, -0.2) is 0 Å². The van der Waals surface area contributed by atoms with Gasteiger partial charge >= 0.3 is 0 Å². The van der Waals surface area contributed by atoms with Crippen molar-refractivity contribution in [3.05, 3.63) is 28.8 Å². The number of benzene rings is 1. The number of hydrogen-bond acceptors (Lipinski definition) is 2. The lowest BCUT2D eigenvalue weighted by Crippen LogP contribution is -1.96. The molecule has 1 fully saturated rings. The lowest BCUT2D eigenvalue weighted by atomic mass is 10.2. The average molecular weight is 241 g/mol. The van der Waals surface area contributed by atoms with E-state index in [1.54, 1.807) is 17.8 Å². The van der Waals surface area contributed by atoms with Crippen molar-refractivity contribution in [2.75, 3.05) is 0 Å². The van der Waals surface area contributed by atoms with Gasteiger partial charge in [0.1, 0.15) is 0 Å². The maximum absolute atomic E-state index is 10.9. The summed E-state index contributed by atoms with van der Waals surface area (Å²) in [6.07, 6.45) is 6.01. The number of thioether (sulfide) groups is 1. The molecule has 2 rings (SSSR count). The number of carbonyl (C=O) groups excluding carboxylic acids is 1. The van der Waals surface area contributed by atoms with Crippen LogP contribution >= 0.6 is 23.4 Å². The Kier molecular flexibility index (Phi) is 3.71. The van der Waals surface area contributed by atoms with Gasteiger partial charge in [0.2, 0.25) is 0 Å². The van der Waals surface area contributed by atoms with Crippen LogP contribution in [-0.4, -0.2) is 11.5 Å². The molecule has 1 saturated carbocycles. The Balaban J connectivity index is 2.19. The van der Waals surface area contributed by atoms with E-state index in [1.165, 1.54) is 25.7 Å². The van der Waals surface area contributed by atoms with E-state index in [0.717, 1.165) is 11.2 Å². The first kappa shape index (κ1) is 11.0. The smallest absolute Gasteiger partial charge is 0.152 e. The molecule has 0 heterocycles. The van der Waals surface area contributed by atoms with Gasteiger partial charge < -0.3 is 0 Å². The highest BCUT2D eigenvalue weighted by molar-refractivity contribution is 8.00. The third-order valence-electron chi connectivity index (χ3n) is 2.73. The van der Waals surface area contributed by atoms with Crippen LogP contribution in [0.15, 0.2) is 23.1 Å². The van der Waals surface area contributed by atoms with Crippen LogP contribution in [0, 0.1) is 0 Å². The molecule has 0 radical (unpaired) electrons. The number of aldehydes is 1. The fraction of sp³-hybridized carbons (Fsp3) is 0.417. The minimum absolute atomic E-state index is 0.563. The summed E-state index contributed by atoms with van der Waals surface area (Å²) in [7, 11) is 0. The molecule has 0 unspecified atom stereocenters. The van der Waals surface area contributed by atoms with E-state index < -0.39 is 0 Å². The molecule has 1 aliphatic rings. The molecule has 0 aliphatic heterocycles. The van der Waals surface area contributed by atoms with Gasteiger partial charge in [0.25, 0.3) is 0 Å². The highest BCUT2D eigenvalue weighted by atomic mass is 35.5. The van der Waals surface area contributed by atoms with Crippen molar-refractivity contribution in [1.82, 2.24) is 0 Å². The summed E-state index contributed by atoms with van der Waals surface area (Å²) >= 11 is 7.77. The SMILES string of the molecule is O=Cc1c(Cl)cccc1SC1CCCC1. The van der Waals surface area contributed by atoms with Crippen LogP contribution in [0.3, 0.4) is 0 Å². The largest absolute Gasteiger partial charge is 0.298 e. The lowest BCUT2D eigenvalue weighted by molar-refractivity contribution is 0.112. The summed E-state index contributed by atoms with van der Waals surface area (Å²) < 4.78 is 0. The van der Waals surface area contributed by atoms with Crippen molar-refractivity contribution in [3.63, 3.8) is 0 Å². The maximum Gasteiger partial charge on any atom is 0.152 e. The molecule has 0 atom stereocenters.